The number of ether oxygens (including phenoxy) is 1. The van der Waals surface area contributed by atoms with E-state index < -0.39 is 35.6 Å². The number of carbonyl (C=O) groups excluding carboxylic acids is 4. The zero-order chi connectivity index (χ0) is 27.6. The number of phenolic OH excluding ortho intramolecular Hbond substituents is 1. The van der Waals surface area contributed by atoms with Gasteiger partial charge in [0.05, 0.1) is 0 Å². The lowest BCUT2D eigenvalue weighted by molar-refractivity contribution is -0.143. The molecule has 1 aliphatic rings. The molecular weight excluding hydrogens is 476 g/mol. The van der Waals surface area contributed by atoms with Crippen LogP contribution in [0.5, 0.6) is 5.75 Å². The van der Waals surface area contributed by atoms with Crippen LogP contribution in [0.1, 0.15) is 90.7 Å². The number of amides is 4. The Kier molecular flexibility index (Phi) is 11.2. The number of primary amides is 1. The molecule has 0 aromatic heterocycles. The molecule has 1 aliphatic carbocycles. The van der Waals surface area contributed by atoms with Crippen molar-refractivity contribution in [2.75, 3.05) is 6.54 Å². The van der Waals surface area contributed by atoms with Crippen molar-refractivity contribution in [2.24, 2.45) is 5.73 Å². The molecular formula is C27H42N4O6. The molecule has 1 saturated carbocycles. The minimum Gasteiger partial charge on any atom is -0.508 e. The average molecular weight is 519 g/mol. The van der Waals surface area contributed by atoms with Gasteiger partial charge in [0.2, 0.25) is 17.7 Å². The summed E-state index contributed by atoms with van der Waals surface area (Å²) in [5.41, 5.74) is 5.06. The van der Waals surface area contributed by atoms with Gasteiger partial charge in [-0.3, -0.25) is 14.4 Å². The van der Waals surface area contributed by atoms with Crippen molar-refractivity contribution in [3.63, 3.8) is 0 Å². The van der Waals surface area contributed by atoms with Gasteiger partial charge in [-0.05, 0) is 64.2 Å². The van der Waals surface area contributed by atoms with Crippen molar-refractivity contribution < 1.29 is 29.0 Å². The minimum atomic E-state index is -1.13. The standard InChI is InChI=1S/C27H42N4O6/c1-5-17-31(25(35)21(15-16-22(28)33)30-26(36)37-27(2,3)4)23(18-11-13-20(32)14-12-18)24(34)29-19-9-7-6-8-10-19/h11-14,19,21,23,32H,5-10,15-17H2,1-4H3,(H2,28,33)(H,29,34)(H,30,36). The fraction of sp³-hybridized carbons (Fsp3) is 0.630. The molecule has 5 N–H and O–H groups in total. The number of phenols is 1. The van der Waals surface area contributed by atoms with Crippen LogP contribution < -0.4 is 16.4 Å². The van der Waals surface area contributed by atoms with Gasteiger partial charge in [-0.15, -0.1) is 0 Å². The maximum Gasteiger partial charge on any atom is 0.408 e. The number of hydrogen-bond donors (Lipinski definition) is 4. The van der Waals surface area contributed by atoms with E-state index in [0.717, 1.165) is 32.1 Å². The van der Waals surface area contributed by atoms with Crippen LogP contribution in [0.2, 0.25) is 0 Å². The second kappa shape index (κ2) is 13.9. The summed E-state index contributed by atoms with van der Waals surface area (Å²) in [7, 11) is 0. The van der Waals surface area contributed by atoms with Gasteiger partial charge in [-0.2, -0.15) is 0 Å². The largest absolute Gasteiger partial charge is 0.508 e. The Morgan fingerprint density at radius 2 is 1.73 bits per heavy atom. The summed E-state index contributed by atoms with van der Waals surface area (Å²) < 4.78 is 5.33. The highest BCUT2D eigenvalue weighted by atomic mass is 16.6. The Balaban J connectivity index is 2.41. The van der Waals surface area contributed by atoms with E-state index in [4.69, 9.17) is 10.5 Å². The van der Waals surface area contributed by atoms with E-state index in [-0.39, 0.29) is 37.1 Å². The van der Waals surface area contributed by atoms with E-state index in [9.17, 15) is 24.3 Å². The third kappa shape index (κ3) is 9.93. The molecule has 10 heteroatoms. The van der Waals surface area contributed by atoms with Crippen molar-refractivity contribution in [2.45, 2.75) is 103 Å². The quantitative estimate of drug-likeness (QED) is 0.353. The van der Waals surface area contributed by atoms with Crippen LogP contribution in [-0.2, 0) is 19.1 Å². The summed E-state index contributed by atoms with van der Waals surface area (Å²) in [5, 5.41) is 15.5. The van der Waals surface area contributed by atoms with E-state index in [1.165, 1.54) is 17.0 Å². The lowest BCUT2D eigenvalue weighted by atomic mass is 9.94. The van der Waals surface area contributed by atoms with Crippen LogP contribution in [0.25, 0.3) is 0 Å². The summed E-state index contributed by atoms with van der Waals surface area (Å²) >= 11 is 0. The van der Waals surface area contributed by atoms with Gasteiger partial charge in [0.15, 0.2) is 0 Å². The second-order valence-corrected chi connectivity index (χ2v) is 10.6. The first-order chi connectivity index (χ1) is 17.4. The Labute approximate surface area is 219 Å². The number of nitrogens with zero attached hydrogens (tertiary/aromatic N) is 1. The topological polar surface area (TPSA) is 151 Å². The van der Waals surface area contributed by atoms with Crippen LogP contribution in [0, 0.1) is 0 Å². The number of nitrogens with one attached hydrogen (secondary N) is 2. The first-order valence-electron chi connectivity index (χ1n) is 13.1. The zero-order valence-corrected chi connectivity index (χ0v) is 22.4. The van der Waals surface area contributed by atoms with Gasteiger partial charge in [0.1, 0.15) is 23.4 Å². The summed E-state index contributed by atoms with van der Waals surface area (Å²) in [5.74, 6) is -1.43. The third-order valence-corrected chi connectivity index (χ3v) is 6.14. The molecule has 0 aliphatic heterocycles. The molecule has 2 unspecified atom stereocenters. The molecule has 0 radical (unpaired) electrons. The van der Waals surface area contributed by atoms with E-state index in [1.54, 1.807) is 32.9 Å². The van der Waals surface area contributed by atoms with Gasteiger partial charge in [0, 0.05) is 19.0 Å². The van der Waals surface area contributed by atoms with Crippen molar-refractivity contribution in [1.29, 1.82) is 0 Å². The Hall–Kier alpha value is -3.30. The van der Waals surface area contributed by atoms with Gasteiger partial charge in [0.25, 0.3) is 0 Å². The van der Waals surface area contributed by atoms with Gasteiger partial charge < -0.3 is 31.1 Å². The molecule has 206 valence electrons. The lowest BCUT2D eigenvalue weighted by Crippen LogP contribution is -2.54. The molecule has 0 bridgehead atoms. The maximum atomic E-state index is 13.9. The fourth-order valence-electron chi connectivity index (χ4n) is 4.46. The SMILES string of the molecule is CCCN(C(=O)C(CCC(N)=O)NC(=O)OC(C)(C)C)C(C(=O)NC1CCCCC1)c1ccc(O)cc1. The van der Waals surface area contributed by atoms with Crippen LogP contribution in [0.15, 0.2) is 24.3 Å². The van der Waals surface area contributed by atoms with Crippen molar-refractivity contribution in [3.05, 3.63) is 29.8 Å². The molecule has 10 nitrogen and oxygen atoms in total. The van der Waals surface area contributed by atoms with Crippen LogP contribution >= 0.6 is 0 Å². The lowest BCUT2D eigenvalue weighted by Gasteiger charge is -2.35. The Bertz CT molecular complexity index is 922. The number of benzene rings is 1. The number of hydrogen-bond acceptors (Lipinski definition) is 6. The Morgan fingerprint density at radius 1 is 1.11 bits per heavy atom. The first kappa shape index (κ1) is 29.9. The molecule has 37 heavy (non-hydrogen) atoms. The van der Waals surface area contributed by atoms with Gasteiger partial charge in [-0.1, -0.05) is 38.3 Å². The predicted molar refractivity (Wildman–Crippen MR) is 139 cm³/mol. The summed E-state index contributed by atoms with van der Waals surface area (Å²) in [6.45, 7) is 7.21. The van der Waals surface area contributed by atoms with Crippen molar-refractivity contribution in [3.8, 4) is 5.75 Å². The van der Waals surface area contributed by atoms with E-state index in [0.29, 0.717) is 12.0 Å². The first-order valence-corrected chi connectivity index (χ1v) is 13.1. The molecule has 1 aromatic rings. The highest BCUT2D eigenvalue weighted by molar-refractivity contribution is 5.92. The summed E-state index contributed by atoms with van der Waals surface area (Å²) in [6, 6.07) is 4.04. The smallest absolute Gasteiger partial charge is 0.408 e. The fourth-order valence-corrected chi connectivity index (χ4v) is 4.46. The molecule has 2 rings (SSSR count). The van der Waals surface area contributed by atoms with Crippen LogP contribution in [0.3, 0.4) is 0 Å². The molecule has 1 aromatic carbocycles. The minimum absolute atomic E-state index is 0.0185. The predicted octanol–water partition coefficient (Wildman–Crippen LogP) is 3.28. The molecule has 0 spiro atoms. The van der Waals surface area contributed by atoms with E-state index in [2.05, 4.69) is 10.6 Å². The highest BCUT2D eigenvalue weighted by Crippen LogP contribution is 2.27. The monoisotopic (exact) mass is 518 g/mol. The number of carbonyl (C=O) groups is 4. The summed E-state index contributed by atoms with van der Waals surface area (Å²) in [6.07, 6.45) is 4.50. The van der Waals surface area contributed by atoms with Crippen molar-refractivity contribution >= 4 is 23.8 Å². The molecule has 2 atom stereocenters. The number of alkyl carbamates (subject to hydrolysis) is 1. The van der Waals surface area contributed by atoms with Crippen LogP contribution in [0.4, 0.5) is 4.79 Å². The summed E-state index contributed by atoms with van der Waals surface area (Å²) in [4.78, 5) is 53.1. The van der Waals surface area contributed by atoms with E-state index >= 15 is 0 Å². The molecule has 0 saturated heterocycles. The average Bonchev–Trinajstić information content (AvgIpc) is 2.81. The highest BCUT2D eigenvalue weighted by Gasteiger charge is 2.36. The van der Waals surface area contributed by atoms with Gasteiger partial charge >= 0.3 is 6.09 Å². The van der Waals surface area contributed by atoms with Crippen molar-refractivity contribution in [1.82, 2.24) is 15.5 Å². The number of aromatic hydroxyl groups is 1. The van der Waals surface area contributed by atoms with Crippen LogP contribution in [-0.4, -0.2) is 58.1 Å². The maximum absolute atomic E-state index is 13.9. The molecule has 0 heterocycles. The Morgan fingerprint density at radius 3 is 2.27 bits per heavy atom. The third-order valence-electron chi connectivity index (χ3n) is 6.14. The second-order valence-electron chi connectivity index (χ2n) is 10.6. The van der Waals surface area contributed by atoms with Gasteiger partial charge in [-0.25, -0.2) is 4.79 Å². The van der Waals surface area contributed by atoms with E-state index in [1.807, 2.05) is 6.92 Å². The normalized spacial score (nSPS) is 15.8. The number of nitrogens with two attached hydrogens (primary N) is 1. The molecule has 4 amide bonds. The zero-order valence-electron chi connectivity index (χ0n) is 22.4. The number of rotatable bonds is 11. The molecule has 1 fully saturated rings.